The first kappa shape index (κ1) is 20.1. The normalized spacial score (nSPS) is 17.2. The van der Waals surface area contributed by atoms with Crippen LogP contribution in [0.5, 0.6) is 0 Å². The highest BCUT2D eigenvalue weighted by Crippen LogP contribution is 2.25. The van der Waals surface area contributed by atoms with Gasteiger partial charge in [-0.25, -0.2) is 8.42 Å². The van der Waals surface area contributed by atoms with Gasteiger partial charge < -0.3 is 0 Å². The zero-order chi connectivity index (χ0) is 19.7. The second kappa shape index (κ2) is 7.74. The minimum absolute atomic E-state index is 0.0173. The molecule has 0 radical (unpaired) electrons. The van der Waals surface area contributed by atoms with Gasteiger partial charge in [-0.15, -0.1) is 0 Å². The highest BCUT2D eigenvalue weighted by Gasteiger charge is 2.28. The van der Waals surface area contributed by atoms with Gasteiger partial charge in [0.1, 0.15) is 0 Å². The molecule has 0 bridgehead atoms. The van der Waals surface area contributed by atoms with Crippen LogP contribution in [0.15, 0.2) is 53.4 Å². The van der Waals surface area contributed by atoms with Crippen LogP contribution in [0.1, 0.15) is 37.5 Å². The second-order valence-corrected chi connectivity index (χ2v) is 10.3. The molecule has 1 aliphatic heterocycles. The Labute approximate surface area is 163 Å². The van der Waals surface area contributed by atoms with E-state index < -0.39 is 10.0 Å². The van der Waals surface area contributed by atoms with E-state index in [-0.39, 0.29) is 5.41 Å². The first-order valence-corrected chi connectivity index (χ1v) is 11.0. The van der Waals surface area contributed by atoms with Crippen LogP contribution in [-0.4, -0.2) is 43.8 Å². The number of hydrogen-bond acceptors (Lipinski definition) is 3. The van der Waals surface area contributed by atoms with Crippen molar-refractivity contribution in [2.75, 3.05) is 26.2 Å². The molecule has 1 fully saturated rings. The van der Waals surface area contributed by atoms with E-state index in [1.807, 2.05) is 18.2 Å². The van der Waals surface area contributed by atoms with Gasteiger partial charge in [-0.05, 0) is 41.2 Å². The maximum atomic E-state index is 13.0. The average molecular weight is 387 g/mol. The molecular weight excluding hydrogens is 356 g/mol. The molecule has 0 aliphatic carbocycles. The van der Waals surface area contributed by atoms with Gasteiger partial charge in [0.25, 0.3) is 0 Å². The quantitative estimate of drug-likeness (QED) is 0.802. The summed E-state index contributed by atoms with van der Waals surface area (Å²) in [5, 5.41) is 0. The third kappa shape index (κ3) is 4.60. The summed E-state index contributed by atoms with van der Waals surface area (Å²) in [6.45, 7) is 12.0. The van der Waals surface area contributed by atoms with Gasteiger partial charge in [0.15, 0.2) is 0 Å². The molecule has 0 saturated carbocycles. The molecule has 0 aromatic heterocycles. The van der Waals surface area contributed by atoms with Crippen molar-refractivity contribution < 1.29 is 8.42 Å². The van der Waals surface area contributed by atoms with Crippen LogP contribution in [0.4, 0.5) is 0 Å². The van der Waals surface area contributed by atoms with Crippen LogP contribution in [0, 0.1) is 6.92 Å². The van der Waals surface area contributed by atoms with E-state index in [1.165, 1.54) is 11.1 Å². The molecule has 146 valence electrons. The number of sulfonamides is 1. The molecule has 1 aliphatic rings. The van der Waals surface area contributed by atoms with Crippen molar-refractivity contribution in [3.8, 4) is 0 Å². The number of nitrogens with zero attached hydrogens (tertiary/aromatic N) is 2. The molecule has 2 aromatic carbocycles. The molecule has 0 N–H and O–H groups in total. The predicted octanol–water partition coefficient (Wildman–Crippen LogP) is 3.80. The van der Waals surface area contributed by atoms with Gasteiger partial charge in [-0.3, -0.25) is 4.90 Å². The summed E-state index contributed by atoms with van der Waals surface area (Å²) in [6.07, 6.45) is 0. The Balaban J connectivity index is 1.65. The van der Waals surface area contributed by atoms with E-state index in [0.717, 1.165) is 25.2 Å². The van der Waals surface area contributed by atoms with Crippen LogP contribution in [0.25, 0.3) is 0 Å². The van der Waals surface area contributed by atoms with Gasteiger partial charge in [0, 0.05) is 32.7 Å². The summed E-state index contributed by atoms with van der Waals surface area (Å²) in [4.78, 5) is 2.72. The molecule has 5 heteroatoms. The zero-order valence-corrected chi connectivity index (χ0v) is 17.6. The van der Waals surface area contributed by atoms with E-state index in [0.29, 0.717) is 18.0 Å². The summed E-state index contributed by atoms with van der Waals surface area (Å²) in [6, 6.07) is 15.7. The molecule has 1 heterocycles. The smallest absolute Gasteiger partial charge is 0.243 e. The maximum Gasteiger partial charge on any atom is 0.243 e. The van der Waals surface area contributed by atoms with E-state index in [9.17, 15) is 8.42 Å². The van der Waals surface area contributed by atoms with E-state index >= 15 is 0 Å². The van der Waals surface area contributed by atoms with E-state index in [2.05, 4.69) is 50.8 Å². The van der Waals surface area contributed by atoms with Crippen LogP contribution < -0.4 is 0 Å². The van der Waals surface area contributed by atoms with E-state index in [1.54, 1.807) is 16.4 Å². The zero-order valence-electron chi connectivity index (χ0n) is 16.8. The topological polar surface area (TPSA) is 40.6 Å². The first-order valence-electron chi connectivity index (χ1n) is 9.55. The van der Waals surface area contributed by atoms with Crippen LogP contribution in [0.3, 0.4) is 0 Å². The first-order chi connectivity index (χ1) is 12.7. The Bertz CT molecular complexity index is 875. The molecular formula is C22H30N2O2S. The lowest BCUT2D eigenvalue weighted by Crippen LogP contribution is -2.48. The summed E-state index contributed by atoms with van der Waals surface area (Å²) >= 11 is 0. The van der Waals surface area contributed by atoms with Crippen LogP contribution >= 0.6 is 0 Å². The van der Waals surface area contributed by atoms with Crippen molar-refractivity contribution in [1.29, 1.82) is 0 Å². The molecule has 0 atom stereocenters. The lowest BCUT2D eigenvalue weighted by molar-refractivity contribution is 0.181. The Morgan fingerprint density at radius 3 is 2.04 bits per heavy atom. The number of aryl methyl sites for hydroxylation is 1. The SMILES string of the molecule is Cc1ccccc1CN1CCN(S(=O)(=O)c2ccc(C(C)(C)C)cc2)CC1. The van der Waals surface area contributed by atoms with Gasteiger partial charge >= 0.3 is 0 Å². The minimum atomic E-state index is -3.42. The van der Waals surface area contributed by atoms with Crippen LogP contribution in [-0.2, 0) is 22.0 Å². The van der Waals surface area contributed by atoms with Gasteiger partial charge in [0.2, 0.25) is 10.0 Å². The molecule has 27 heavy (non-hydrogen) atoms. The molecule has 1 saturated heterocycles. The van der Waals surface area contributed by atoms with Crippen molar-refractivity contribution >= 4 is 10.0 Å². The Hall–Kier alpha value is -1.69. The number of benzene rings is 2. The lowest BCUT2D eigenvalue weighted by atomic mass is 9.87. The fourth-order valence-electron chi connectivity index (χ4n) is 3.43. The Morgan fingerprint density at radius 1 is 0.889 bits per heavy atom. The summed E-state index contributed by atoms with van der Waals surface area (Å²) in [5.41, 5.74) is 3.76. The van der Waals surface area contributed by atoms with Crippen molar-refractivity contribution in [3.05, 3.63) is 65.2 Å². The van der Waals surface area contributed by atoms with Crippen molar-refractivity contribution in [2.24, 2.45) is 0 Å². The summed E-state index contributed by atoms with van der Waals surface area (Å²) in [7, 11) is -3.42. The second-order valence-electron chi connectivity index (χ2n) is 8.38. The molecule has 0 spiro atoms. The minimum Gasteiger partial charge on any atom is -0.296 e. The third-order valence-corrected chi connectivity index (χ3v) is 7.26. The van der Waals surface area contributed by atoms with Crippen molar-refractivity contribution in [1.82, 2.24) is 9.21 Å². The third-order valence-electron chi connectivity index (χ3n) is 5.34. The molecule has 2 aromatic rings. The Kier molecular flexibility index (Phi) is 5.75. The summed E-state index contributed by atoms with van der Waals surface area (Å²) < 4.78 is 27.6. The predicted molar refractivity (Wildman–Crippen MR) is 110 cm³/mol. The number of hydrogen-bond donors (Lipinski definition) is 0. The molecule has 3 rings (SSSR count). The average Bonchev–Trinajstić information content (AvgIpc) is 2.63. The highest BCUT2D eigenvalue weighted by molar-refractivity contribution is 7.89. The van der Waals surface area contributed by atoms with Crippen molar-refractivity contribution in [2.45, 2.75) is 44.6 Å². The molecule has 0 unspecified atom stereocenters. The largest absolute Gasteiger partial charge is 0.296 e. The van der Waals surface area contributed by atoms with Crippen molar-refractivity contribution in [3.63, 3.8) is 0 Å². The van der Waals surface area contributed by atoms with Gasteiger partial charge in [-0.1, -0.05) is 57.2 Å². The molecule has 4 nitrogen and oxygen atoms in total. The van der Waals surface area contributed by atoms with Crippen LogP contribution in [0.2, 0.25) is 0 Å². The molecule has 0 amide bonds. The number of piperazine rings is 1. The summed E-state index contributed by atoms with van der Waals surface area (Å²) in [5.74, 6) is 0. The monoisotopic (exact) mass is 386 g/mol. The Morgan fingerprint density at radius 2 is 1.48 bits per heavy atom. The fraction of sp³-hybridized carbons (Fsp3) is 0.455. The van der Waals surface area contributed by atoms with Gasteiger partial charge in [0.05, 0.1) is 4.90 Å². The lowest BCUT2D eigenvalue weighted by Gasteiger charge is -2.34. The number of rotatable bonds is 4. The fourth-order valence-corrected chi connectivity index (χ4v) is 4.85. The van der Waals surface area contributed by atoms with E-state index in [4.69, 9.17) is 0 Å². The standard InChI is InChI=1S/C22H30N2O2S/c1-18-7-5-6-8-19(18)17-23-13-15-24(16-14-23)27(25,26)21-11-9-20(10-12-21)22(2,3)4/h5-12H,13-17H2,1-4H3. The maximum absolute atomic E-state index is 13.0. The van der Waals surface area contributed by atoms with Gasteiger partial charge in [-0.2, -0.15) is 4.31 Å². The highest BCUT2D eigenvalue weighted by atomic mass is 32.2.